The Balaban J connectivity index is 3.26. The summed E-state index contributed by atoms with van der Waals surface area (Å²) in [6, 6.07) is 4.52. The first-order valence-electron chi connectivity index (χ1n) is 5.78. The summed E-state index contributed by atoms with van der Waals surface area (Å²) < 4.78 is 22.8. The molecule has 108 valence electrons. The van der Waals surface area contributed by atoms with Crippen molar-refractivity contribution in [3.8, 4) is 0 Å². The second-order valence-electron chi connectivity index (χ2n) is 5.57. The summed E-state index contributed by atoms with van der Waals surface area (Å²) in [5.74, 6) is 0. The zero-order valence-electron chi connectivity index (χ0n) is 11.6. The molecule has 0 aliphatic carbocycles. The van der Waals surface area contributed by atoms with Crippen LogP contribution in [0.3, 0.4) is 0 Å². The molecule has 6 N–H and O–H groups in total. The van der Waals surface area contributed by atoms with Crippen LogP contribution in [0.25, 0.3) is 0 Å². The lowest BCUT2D eigenvalue weighted by atomic mass is 9.85. The van der Waals surface area contributed by atoms with Gasteiger partial charge >= 0.3 is 0 Å². The molecule has 0 bridgehead atoms. The highest BCUT2D eigenvalue weighted by molar-refractivity contribution is 7.89. The Kier molecular flexibility index (Phi) is 3.86. The Labute approximate surface area is 113 Å². The minimum Gasteiger partial charge on any atom is -0.396 e. The number of hydrogen-bond acceptors (Lipinski definition) is 5. The Morgan fingerprint density at radius 2 is 1.74 bits per heavy atom. The van der Waals surface area contributed by atoms with Crippen LogP contribution in [0.2, 0.25) is 0 Å². The summed E-state index contributed by atoms with van der Waals surface area (Å²) in [4.78, 5) is -0.135. The molecule has 0 fully saturated rings. The highest BCUT2D eigenvalue weighted by atomic mass is 32.2. The minimum atomic E-state index is -3.87. The summed E-state index contributed by atoms with van der Waals surface area (Å²) in [5, 5.41) is 18.2. The predicted octanol–water partition coefficient (Wildman–Crippen LogP) is 0.878. The highest BCUT2D eigenvalue weighted by Crippen LogP contribution is 2.31. The SMILES string of the molecule is CC(C)(O)C(C)(C)Nc1cccc(S(N)(=O)=O)c1N. The Bertz CT molecular complexity index is 574. The van der Waals surface area contributed by atoms with E-state index in [0.29, 0.717) is 5.69 Å². The maximum absolute atomic E-state index is 11.4. The number of sulfonamides is 1. The second kappa shape index (κ2) is 4.66. The van der Waals surface area contributed by atoms with Crippen LogP contribution < -0.4 is 16.2 Å². The fourth-order valence-electron chi connectivity index (χ4n) is 1.39. The van der Waals surface area contributed by atoms with E-state index in [4.69, 9.17) is 10.9 Å². The molecule has 0 radical (unpaired) electrons. The quantitative estimate of drug-likeness (QED) is 0.613. The molecule has 1 aromatic rings. The van der Waals surface area contributed by atoms with Crippen molar-refractivity contribution in [2.24, 2.45) is 5.14 Å². The number of nitrogens with two attached hydrogens (primary N) is 2. The van der Waals surface area contributed by atoms with Crippen molar-refractivity contribution in [3.63, 3.8) is 0 Å². The van der Waals surface area contributed by atoms with Crippen LogP contribution in [0.5, 0.6) is 0 Å². The van der Waals surface area contributed by atoms with Crippen molar-refractivity contribution in [2.75, 3.05) is 11.1 Å². The Morgan fingerprint density at radius 3 is 2.16 bits per heavy atom. The van der Waals surface area contributed by atoms with Gasteiger partial charge < -0.3 is 16.2 Å². The van der Waals surface area contributed by atoms with E-state index in [-0.39, 0.29) is 10.6 Å². The smallest absolute Gasteiger partial charge is 0.240 e. The molecule has 0 amide bonds. The van der Waals surface area contributed by atoms with E-state index >= 15 is 0 Å². The summed E-state index contributed by atoms with van der Waals surface area (Å²) in [7, 11) is -3.87. The van der Waals surface area contributed by atoms with Gasteiger partial charge in [-0.25, -0.2) is 13.6 Å². The summed E-state index contributed by atoms with van der Waals surface area (Å²) in [6.45, 7) is 6.88. The van der Waals surface area contributed by atoms with E-state index in [9.17, 15) is 13.5 Å². The standard InChI is InChI=1S/C12H21N3O3S/c1-11(2,12(3,4)16)15-8-6-5-7-9(10(8)13)19(14,17)18/h5-7,15-16H,13H2,1-4H3,(H2,14,17,18). The lowest BCUT2D eigenvalue weighted by molar-refractivity contribution is 0.0241. The number of rotatable bonds is 4. The fourth-order valence-corrected chi connectivity index (χ4v) is 2.08. The number of benzene rings is 1. The van der Waals surface area contributed by atoms with Gasteiger partial charge in [0.2, 0.25) is 10.0 Å². The van der Waals surface area contributed by atoms with E-state index in [1.54, 1.807) is 39.8 Å². The molecule has 0 atom stereocenters. The van der Waals surface area contributed by atoms with Gasteiger partial charge in [-0.05, 0) is 39.8 Å². The molecule has 0 spiro atoms. The number of aliphatic hydroxyl groups is 1. The van der Waals surface area contributed by atoms with E-state index < -0.39 is 21.2 Å². The van der Waals surface area contributed by atoms with Crippen molar-refractivity contribution in [3.05, 3.63) is 18.2 Å². The first-order valence-corrected chi connectivity index (χ1v) is 7.33. The molecule has 1 aromatic carbocycles. The zero-order chi connectivity index (χ0) is 15.1. The molecule has 0 aromatic heterocycles. The average Bonchev–Trinajstić information content (AvgIpc) is 2.17. The molecule has 0 unspecified atom stereocenters. The van der Waals surface area contributed by atoms with E-state index in [0.717, 1.165) is 0 Å². The molecular weight excluding hydrogens is 266 g/mol. The van der Waals surface area contributed by atoms with Crippen LogP contribution in [0, 0.1) is 0 Å². The molecule has 0 aliphatic heterocycles. The van der Waals surface area contributed by atoms with Gasteiger partial charge in [0.15, 0.2) is 0 Å². The Hall–Kier alpha value is -1.31. The van der Waals surface area contributed by atoms with Crippen molar-refractivity contribution in [1.29, 1.82) is 0 Å². The van der Waals surface area contributed by atoms with Gasteiger partial charge in [0.25, 0.3) is 0 Å². The molecule has 6 nitrogen and oxygen atoms in total. The topological polar surface area (TPSA) is 118 Å². The number of primary sulfonamides is 1. The fraction of sp³-hybridized carbons (Fsp3) is 0.500. The summed E-state index contributed by atoms with van der Waals surface area (Å²) >= 11 is 0. The average molecular weight is 287 g/mol. The van der Waals surface area contributed by atoms with E-state index in [2.05, 4.69) is 5.32 Å². The number of hydrogen-bond donors (Lipinski definition) is 4. The first kappa shape index (κ1) is 15.7. The molecule has 0 heterocycles. The number of para-hydroxylation sites is 1. The molecule has 0 saturated carbocycles. The summed E-state index contributed by atoms with van der Waals surface area (Å²) in [6.07, 6.45) is 0. The third kappa shape index (κ3) is 3.37. The van der Waals surface area contributed by atoms with Crippen molar-refractivity contribution >= 4 is 21.4 Å². The lowest BCUT2D eigenvalue weighted by Gasteiger charge is -2.39. The number of anilines is 2. The molecule has 1 rings (SSSR count). The normalized spacial score (nSPS) is 13.4. The zero-order valence-corrected chi connectivity index (χ0v) is 12.4. The van der Waals surface area contributed by atoms with Crippen molar-refractivity contribution < 1.29 is 13.5 Å². The lowest BCUT2D eigenvalue weighted by Crippen LogP contribution is -2.51. The minimum absolute atomic E-state index is 0.0438. The van der Waals surface area contributed by atoms with Gasteiger partial charge in [0, 0.05) is 0 Å². The maximum Gasteiger partial charge on any atom is 0.240 e. The number of nitrogens with one attached hydrogen (secondary N) is 1. The van der Waals surface area contributed by atoms with Crippen LogP contribution in [0.15, 0.2) is 23.1 Å². The van der Waals surface area contributed by atoms with Gasteiger partial charge in [-0.2, -0.15) is 0 Å². The van der Waals surface area contributed by atoms with Gasteiger partial charge in [-0.3, -0.25) is 0 Å². The van der Waals surface area contributed by atoms with Gasteiger partial charge in [0.05, 0.1) is 22.5 Å². The molecule has 19 heavy (non-hydrogen) atoms. The van der Waals surface area contributed by atoms with Crippen LogP contribution in [0.4, 0.5) is 11.4 Å². The van der Waals surface area contributed by atoms with Gasteiger partial charge in [-0.1, -0.05) is 6.07 Å². The highest BCUT2D eigenvalue weighted by Gasteiger charge is 2.35. The molecule has 0 aliphatic rings. The van der Waals surface area contributed by atoms with Crippen molar-refractivity contribution in [1.82, 2.24) is 0 Å². The third-order valence-electron chi connectivity index (χ3n) is 3.35. The van der Waals surface area contributed by atoms with E-state index in [1.807, 2.05) is 0 Å². The first-order chi connectivity index (χ1) is 8.36. The predicted molar refractivity (Wildman–Crippen MR) is 76.2 cm³/mol. The van der Waals surface area contributed by atoms with E-state index in [1.165, 1.54) is 6.07 Å². The molecule has 0 saturated heterocycles. The van der Waals surface area contributed by atoms with Gasteiger partial charge in [0.1, 0.15) is 4.90 Å². The second-order valence-corrected chi connectivity index (χ2v) is 7.10. The molecular formula is C12H21N3O3S. The summed E-state index contributed by atoms with van der Waals surface area (Å²) in [5.41, 5.74) is 4.53. The maximum atomic E-state index is 11.4. The van der Waals surface area contributed by atoms with Crippen LogP contribution >= 0.6 is 0 Å². The monoisotopic (exact) mass is 287 g/mol. The Morgan fingerprint density at radius 1 is 1.21 bits per heavy atom. The van der Waals surface area contributed by atoms with Crippen LogP contribution in [-0.2, 0) is 10.0 Å². The van der Waals surface area contributed by atoms with Crippen LogP contribution in [0.1, 0.15) is 27.7 Å². The largest absolute Gasteiger partial charge is 0.396 e. The number of nitrogen functional groups attached to an aromatic ring is 1. The van der Waals surface area contributed by atoms with Crippen molar-refractivity contribution in [2.45, 2.75) is 43.7 Å². The van der Waals surface area contributed by atoms with Crippen LogP contribution in [-0.4, -0.2) is 24.7 Å². The van der Waals surface area contributed by atoms with Gasteiger partial charge in [-0.15, -0.1) is 0 Å². The molecule has 7 heteroatoms. The third-order valence-corrected chi connectivity index (χ3v) is 4.32.